The molecule has 4 N–H and O–H groups in total. The third-order valence-electron chi connectivity index (χ3n) is 4.02. The van der Waals surface area contributed by atoms with E-state index in [0.29, 0.717) is 42.6 Å². The molecule has 7 heteroatoms. The molecule has 0 aromatic heterocycles. The Bertz CT molecular complexity index is 768. The molecule has 0 bridgehead atoms. The van der Waals surface area contributed by atoms with Gasteiger partial charge in [-0.05, 0) is 31.0 Å². The van der Waals surface area contributed by atoms with Crippen molar-refractivity contribution in [3.8, 4) is 0 Å². The van der Waals surface area contributed by atoms with Gasteiger partial charge in [0.2, 0.25) is 0 Å². The van der Waals surface area contributed by atoms with E-state index in [0.717, 1.165) is 12.1 Å². The number of nitrogens with one attached hydrogen (secondary N) is 3. The van der Waals surface area contributed by atoms with E-state index in [4.69, 9.17) is 11.6 Å². The van der Waals surface area contributed by atoms with Crippen molar-refractivity contribution in [3.63, 3.8) is 0 Å². The van der Waals surface area contributed by atoms with Crippen molar-refractivity contribution in [2.75, 3.05) is 26.2 Å². The van der Waals surface area contributed by atoms with Crippen LogP contribution < -0.4 is 16.0 Å². The third-order valence-corrected chi connectivity index (χ3v) is 4.35. The highest BCUT2D eigenvalue weighted by molar-refractivity contribution is 6.33. The molecule has 0 aliphatic rings. The summed E-state index contributed by atoms with van der Waals surface area (Å²) in [7, 11) is 0. The Kier molecular flexibility index (Phi) is 9.31. The first-order valence-electron chi connectivity index (χ1n) is 9.39. The molecule has 0 heterocycles. The van der Waals surface area contributed by atoms with Crippen LogP contribution in [-0.4, -0.2) is 43.2 Å². The van der Waals surface area contributed by atoms with Gasteiger partial charge in [0.15, 0.2) is 5.96 Å². The van der Waals surface area contributed by atoms with Gasteiger partial charge in [-0.25, -0.2) is 0 Å². The van der Waals surface area contributed by atoms with E-state index >= 15 is 0 Å². The number of hydrogen-bond acceptors (Lipinski definition) is 3. The lowest BCUT2D eigenvalue weighted by molar-refractivity contribution is 0.0954. The number of nitrogens with zero attached hydrogens (tertiary/aromatic N) is 1. The van der Waals surface area contributed by atoms with E-state index in [1.165, 1.54) is 0 Å². The number of benzene rings is 2. The van der Waals surface area contributed by atoms with Crippen molar-refractivity contribution >= 4 is 23.5 Å². The van der Waals surface area contributed by atoms with Crippen molar-refractivity contribution < 1.29 is 9.90 Å². The van der Waals surface area contributed by atoms with Crippen molar-refractivity contribution in [3.05, 3.63) is 70.7 Å². The molecule has 0 aliphatic carbocycles. The lowest BCUT2D eigenvalue weighted by Crippen LogP contribution is -2.41. The lowest BCUT2D eigenvalue weighted by atomic mass is 10.1. The maximum absolute atomic E-state index is 12.1. The van der Waals surface area contributed by atoms with Crippen molar-refractivity contribution in [1.29, 1.82) is 0 Å². The maximum Gasteiger partial charge on any atom is 0.252 e. The van der Waals surface area contributed by atoms with Gasteiger partial charge in [-0.1, -0.05) is 54.1 Å². The second kappa shape index (κ2) is 12.0. The Labute approximate surface area is 171 Å². The highest BCUT2D eigenvalue weighted by Gasteiger charge is 2.09. The highest BCUT2D eigenvalue weighted by Crippen LogP contribution is 2.15. The van der Waals surface area contributed by atoms with Crippen LogP contribution in [-0.2, 0) is 0 Å². The number of aliphatic hydroxyl groups is 1. The molecule has 2 rings (SSSR count). The van der Waals surface area contributed by atoms with E-state index in [1.54, 1.807) is 24.3 Å². The van der Waals surface area contributed by atoms with Gasteiger partial charge in [0, 0.05) is 26.2 Å². The van der Waals surface area contributed by atoms with Crippen LogP contribution in [0.4, 0.5) is 0 Å². The Hall–Kier alpha value is -2.57. The van der Waals surface area contributed by atoms with Crippen molar-refractivity contribution in [2.24, 2.45) is 4.99 Å². The van der Waals surface area contributed by atoms with Crippen LogP contribution in [0.5, 0.6) is 0 Å². The molecule has 1 amide bonds. The van der Waals surface area contributed by atoms with Crippen LogP contribution >= 0.6 is 11.6 Å². The van der Waals surface area contributed by atoms with Crippen LogP contribution in [0.3, 0.4) is 0 Å². The molecule has 1 atom stereocenters. The van der Waals surface area contributed by atoms with Crippen molar-refractivity contribution in [2.45, 2.75) is 19.4 Å². The number of carbonyl (C=O) groups is 1. The summed E-state index contributed by atoms with van der Waals surface area (Å²) in [5.74, 6) is 0.440. The smallest absolute Gasteiger partial charge is 0.252 e. The zero-order valence-electron chi connectivity index (χ0n) is 16.0. The number of guanidine groups is 1. The van der Waals surface area contributed by atoms with Crippen LogP contribution in [0.25, 0.3) is 0 Å². The summed E-state index contributed by atoms with van der Waals surface area (Å²) in [6.07, 6.45) is -0.00756. The molecule has 0 saturated carbocycles. The summed E-state index contributed by atoms with van der Waals surface area (Å²) in [5.41, 5.74) is 1.34. The van der Waals surface area contributed by atoms with Crippen LogP contribution in [0.2, 0.25) is 5.02 Å². The first-order valence-corrected chi connectivity index (χ1v) is 9.77. The average Bonchev–Trinajstić information content (AvgIpc) is 2.71. The summed E-state index contributed by atoms with van der Waals surface area (Å²) < 4.78 is 0. The molecule has 0 fully saturated rings. The summed E-state index contributed by atoms with van der Waals surface area (Å²) >= 11 is 6.02. The molecular formula is C21H27ClN4O2. The quantitative estimate of drug-likeness (QED) is 0.295. The number of rotatable bonds is 9. The van der Waals surface area contributed by atoms with E-state index in [1.807, 2.05) is 37.3 Å². The molecular weight excluding hydrogens is 376 g/mol. The molecule has 0 saturated heterocycles. The molecule has 2 aromatic carbocycles. The van der Waals surface area contributed by atoms with Gasteiger partial charge in [-0.3, -0.25) is 9.79 Å². The first kappa shape index (κ1) is 21.7. The van der Waals surface area contributed by atoms with E-state index in [-0.39, 0.29) is 5.91 Å². The van der Waals surface area contributed by atoms with Crippen LogP contribution in [0.1, 0.15) is 35.4 Å². The normalized spacial score (nSPS) is 12.3. The molecule has 1 unspecified atom stereocenters. The van der Waals surface area contributed by atoms with Crippen LogP contribution in [0.15, 0.2) is 59.6 Å². The van der Waals surface area contributed by atoms with E-state index in [9.17, 15) is 9.90 Å². The number of hydrogen-bond donors (Lipinski definition) is 4. The Morgan fingerprint density at radius 3 is 2.43 bits per heavy atom. The summed E-state index contributed by atoms with van der Waals surface area (Å²) in [6, 6.07) is 16.5. The molecule has 28 heavy (non-hydrogen) atoms. The number of halogens is 1. The lowest BCUT2D eigenvalue weighted by Gasteiger charge is -2.13. The van der Waals surface area contributed by atoms with Crippen LogP contribution in [0, 0.1) is 0 Å². The second-order valence-electron chi connectivity index (χ2n) is 6.14. The molecule has 0 spiro atoms. The Balaban J connectivity index is 1.75. The fourth-order valence-electron chi connectivity index (χ4n) is 2.58. The summed E-state index contributed by atoms with van der Waals surface area (Å²) in [6.45, 7) is 4.13. The minimum Gasteiger partial charge on any atom is -0.388 e. The standard InChI is InChI=1S/C21H27ClN4O2/c1-2-23-21(25-13-12-19(27)16-8-4-3-5-9-16)26-15-14-24-20(28)17-10-6-7-11-18(17)22/h3-11,19,27H,2,12-15H2,1H3,(H,24,28)(H2,23,25,26). The predicted octanol–water partition coefficient (Wildman–Crippen LogP) is 2.75. The maximum atomic E-state index is 12.1. The minimum absolute atomic E-state index is 0.208. The minimum atomic E-state index is -0.539. The molecule has 0 radical (unpaired) electrons. The fraction of sp³-hybridized carbons (Fsp3) is 0.333. The zero-order chi connectivity index (χ0) is 20.2. The summed E-state index contributed by atoms with van der Waals surface area (Å²) in [4.78, 5) is 16.6. The summed E-state index contributed by atoms with van der Waals surface area (Å²) in [5, 5.41) is 19.8. The molecule has 6 nitrogen and oxygen atoms in total. The average molecular weight is 403 g/mol. The van der Waals surface area contributed by atoms with E-state index < -0.39 is 6.10 Å². The predicted molar refractivity (Wildman–Crippen MR) is 114 cm³/mol. The Morgan fingerprint density at radius 2 is 1.71 bits per heavy atom. The van der Waals surface area contributed by atoms with Crippen molar-refractivity contribution in [1.82, 2.24) is 16.0 Å². The van der Waals surface area contributed by atoms with E-state index in [2.05, 4.69) is 20.9 Å². The number of carbonyl (C=O) groups excluding carboxylic acids is 1. The number of aliphatic hydroxyl groups excluding tert-OH is 1. The third kappa shape index (κ3) is 7.21. The van der Waals surface area contributed by atoms with Gasteiger partial charge >= 0.3 is 0 Å². The van der Waals surface area contributed by atoms with Gasteiger partial charge in [-0.15, -0.1) is 0 Å². The zero-order valence-corrected chi connectivity index (χ0v) is 16.7. The largest absolute Gasteiger partial charge is 0.388 e. The van der Waals surface area contributed by atoms with Gasteiger partial charge < -0.3 is 21.1 Å². The topological polar surface area (TPSA) is 85.8 Å². The second-order valence-corrected chi connectivity index (χ2v) is 6.55. The number of aliphatic imine (C=N–C) groups is 1. The number of amides is 1. The molecule has 0 aliphatic heterocycles. The van der Waals surface area contributed by atoms with Gasteiger partial charge in [-0.2, -0.15) is 0 Å². The van der Waals surface area contributed by atoms with Gasteiger partial charge in [0.1, 0.15) is 0 Å². The van der Waals surface area contributed by atoms with Gasteiger partial charge in [0.05, 0.1) is 16.7 Å². The Morgan fingerprint density at radius 1 is 1.04 bits per heavy atom. The van der Waals surface area contributed by atoms with Gasteiger partial charge in [0.25, 0.3) is 5.91 Å². The monoisotopic (exact) mass is 402 g/mol. The fourth-order valence-corrected chi connectivity index (χ4v) is 2.80. The highest BCUT2D eigenvalue weighted by atomic mass is 35.5. The SMILES string of the molecule is CCNC(=NCCC(O)c1ccccc1)NCCNC(=O)c1ccccc1Cl. The molecule has 2 aromatic rings. The molecule has 150 valence electrons. The first-order chi connectivity index (χ1) is 13.6.